The number of carbonyl (C=O) groups is 1. The fourth-order valence-corrected chi connectivity index (χ4v) is 3.91. The summed E-state index contributed by atoms with van der Waals surface area (Å²) in [5, 5.41) is 12.3. The van der Waals surface area contributed by atoms with Crippen molar-refractivity contribution in [3.8, 4) is 22.4 Å². The fourth-order valence-electron chi connectivity index (χ4n) is 3.29. The van der Waals surface area contributed by atoms with Crippen molar-refractivity contribution < 1.29 is 4.79 Å². The van der Waals surface area contributed by atoms with Crippen LogP contribution in [0.25, 0.3) is 22.4 Å². The predicted octanol–water partition coefficient (Wildman–Crippen LogP) is 6.16. The van der Waals surface area contributed by atoms with Crippen LogP contribution in [0.5, 0.6) is 0 Å². The van der Waals surface area contributed by atoms with Crippen molar-refractivity contribution in [3.05, 3.63) is 96.1 Å². The van der Waals surface area contributed by atoms with Crippen LogP contribution in [0.2, 0.25) is 0 Å². The Hall–Kier alpha value is -3.44. The monoisotopic (exact) mass is 425 g/mol. The summed E-state index contributed by atoms with van der Waals surface area (Å²) in [6, 6.07) is 28.4. The van der Waals surface area contributed by atoms with E-state index in [0.29, 0.717) is 0 Å². The molecule has 5 heteroatoms. The van der Waals surface area contributed by atoms with Gasteiger partial charge in [0, 0.05) is 11.3 Å². The molecule has 4 aromatic rings. The Morgan fingerprint density at radius 3 is 2.19 bits per heavy atom. The Labute approximate surface area is 186 Å². The van der Waals surface area contributed by atoms with E-state index in [2.05, 4.69) is 58.0 Å². The molecule has 0 bridgehead atoms. The van der Waals surface area contributed by atoms with Crippen LogP contribution in [0.15, 0.2) is 90.0 Å². The third-order valence-electron chi connectivity index (χ3n) is 4.94. The molecule has 0 radical (unpaired) electrons. The molecule has 31 heavy (non-hydrogen) atoms. The molecular formula is C26H23N3OS. The first-order valence-electron chi connectivity index (χ1n) is 10.1. The van der Waals surface area contributed by atoms with Gasteiger partial charge in [-0.2, -0.15) is 0 Å². The van der Waals surface area contributed by atoms with Crippen LogP contribution < -0.4 is 5.32 Å². The average molecular weight is 426 g/mol. The van der Waals surface area contributed by atoms with Crippen LogP contribution >= 0.6 is 11.8 Å². The molecule has 154 valence electrons. The zero-order chi connectivity index (χ0) is 21.6. The minimum atomic E-state index is -0.0562. The van der Waals surface area contributed by atoms with E-state index in [4.69, 9.17) is 0 Å². The summed E-state index contributed by atoms with van der Waals surface area (Å²) in [7, 11) is 0. The number of hydrogen-bond donors (Lipinski definition) is 1. The van der Waals surface area contributed by atoms with Gasteiger partial charge in [-0.25, -0.2) is 0 Å². The Balaban J connectivity index is 1.35. The van der Waals surface area contributed by atoms with Gasteiger partial charge in [-0.15, -0.1) is 10.2 Å². The lowest BCUT2D eigenvalue weighted by Crippen LogP contribution is -2.15. The second-order valence-corrected chi connectivity index (χ2v) is 8.35. The highest BCUT2D eigenvalue weighted by Gasteiger charge is 2.08. The molecular weight excluding hydrogens is 402 g/mol. The molecule has 1 aromatic heterocycles. The third kappa shape index (κ3) is 5.38. The second-order valence-electron chi connectivity index (χ2n) is 7.36. The van der Waals surface area contributed by atoms with E-state index in [1.165, 1.54) is 28.5 Å². The Morgan fingerprint density at radius 1 is 0.806 bits per heavy atom. The lowest BCUT2D eigenvalue weighted by Gasteiger charge is -2.09. The lowest BCUT2D eigenvalue weighted by molar-refractivity contribution is -0.113. The largest absolute Gasteiger partial charge is 0.325 e. The molecule has 3 aromatic carbocycles. The van der Waals surface area contributed by atoms with E-state index < -0.39 is 0 Å². The maximum atomic E-state index is 12.3. The highest BCUT2D eigenvalue weighted by atomic mass is 32.2. The summed E-state index contributed by atoms with van der Waals surface area (Å²) in [5.41, 5.74) is 7.25. The summed E-state index contributed by atoms with van der Waals surface area (Å²) in [4.78, 5) is 12.3. The summed E-state index contributed by atoms with van der Waals surface area (Å²) in [5.74, 6) is 0.229. The number of amides is 1. The van der Waals surface area contributed by atoms with E-state index in [9.17, 15) is 4.79 Å². The van der Waals surface area contributed by atoms with Crippen molar-refractivity contribution in [2.45, 2.75) is 18.9 Å². The maximum Gasteiger partial charge on any atom is 0.234 e. The zero-order valence-corrected chi connectivity index (χ0v) is 18.3. The smallest absolute Gasteiger partial charge is 0.234 e. The summed E-state index contributed by atoms with van der Waals surface area (Å²) in [6.45, 7) is 4.03. The zero-order valence-electron chi connectivity index (χ0n) is 17.5. The molecule has 0 aliphatic rings. The molecule has 4 nitrogen and oxygen atoms in total. The molecule has 0 aliphatic carbocycles. The van der Waals surface area contributed by atoms with Crippen LogP contribution in [-0.4, -0.2) is 21.9 Å². The van der Waals surface area contributed by atoms with Crippen molar-refractivity contribution in [2.75, 3.05) is 11.1 Å². The number of thioether (sulfide) groups is 1. The summed E-state index contributed by atoms with van der Waals surface area (Å²) >= 11 is 1.37. The first kappa shape index (κ1) is 20.8. The maximum absolute atomic E-state index is 12.3. The highest BCUT2D eigenvalue weighted by molar-refractivity contribution is 7.99. The molecule has 0 saturated heterocycles. The number of nitrogens with zero attached hydrogens (tertiary/aromatic N) is 2. The number of aryl methyl sites for hydroxylation is 2. The molecule has 0 atom stereocenters. The van der Waals surface area contributed by atoms with Gasteiger partial charge in [-0.05, 0) is 48.7 Å². The van der Waals surface area contributed by atoms with Gasteiger partial charge >= 0.3 is 0 Å². The average Bonchev–Trinajstić information content (AvgIpc) is 2.81. The minimum absolute atomic E-state index is 0.0562. The molecule has 0 spiro atoms. The Kier molecular flexibility index (Phi) is 6.43. The van der Waals surface area contributed by atoms with E-state index in [-0.39, 0.29) is 11.7 Å². The second kappa shape index (κ2) is 9.58. The number of rotatable bonds is 6. The van der Waals surface area contributed by atoms with E-state index >= 15 is 0 Å². The molecule has 1 amide bonds. The number of carbonyl (C=O) groups excluding carboxylic acids is 1. The van der Waals surface area contributed by atoms with Gasteiger partial charge in [0.25, 0.3) is 0 Å². The van der Waals surface area contributed by atoms with Crippen LogP contribution in [0.1, 0.15) is 11.1 Å². The molecule has 0 fully saturated rings. The topological polar surface area (TPSA) is 54.9 Å². The number of aromatic nitrogens is 2. The van der Waals surface area contributed by atoms with Gasteiger partial charge in [0.05, 0.1) is 11.4 Å². The van der Waals surface area contributed by atoms with Crippen LogP contribution in [0.3, 0.4) is 0 Å². The molecule has 4 rings (SSSR count). The third-order valence-corrected chi connectivity index (χ3v) is 5.86. The predicted molar refractivity (Wildman–Crippen MR) is 128 cm³/mol. The summed E-state index contributed by atoms with van der Waals surface area (Å²) in [6.07, 6.45) is 0. The van der Waals surface area contributed by atoms with Crippen molar-refractivity contribution >= 4 is 23.4 Å². The minimum Gasteiger partial charge on any atom is -0.325 e. The number of hydrogen-bond acceptors (Lipinski definition) is 4. The van der Waals surface area contributed by atoms with Crippen molar-refractivity contribution in [1.29, 1.82) is 0 Å². The first-order valence-corrected chi connectivity index (χ1v) is 11.1. The van der Waals surface area contributed by atoms with Crippen LogP contribution in [0, 0.1) is 13.8 Å². The quantitative estimate of drug-likeness (QED) is 0.376. The van der Waals surface area contributed by atoms with Crippen molar-refractivity contribution in [3.63, 3.8) is 0 Å². The van der Waals surface area contributed by atoms with Gasteiger partial charge in [0.1, 0.15) is 5.03 Å². The number of benzene rings is 3. The van der Waals surface area contributed by atoms with Gasteiger partial charge in [0.2, 0.25) is 5.91 Å². The number of anilines is 1. The van der Waals surface area contributed by atoms with Gasteiger partial charge < -0.3 is 5.32 Å². The SMILES string of the molecule is Cc1ccc(NC(=O)CSc2ccc(-c3ccc(-c4ccccc4)cc3)nn2)c(C)c1. The van der Waals surface area contributed by atoms with Gasteiger partial charge in [-0.3, -0.25) is 4.79 Å². The van der Waals surface area contributed by atoms with Crippen molar-refractivity contribution in [1.82, 2.24) is 10.2 Å². The highest BCUT2D eigenvalue weighted by Crippen LogP contribution is 2.24. The normalized spacial score (nSPS) is 10.6. The van der Waals surface area contributed by atoms with Crippen LogP contribution in [0.4, 0.5) is 5.69 Å². The van der Waals surface area contributed by atoms with Gasteiger partial charge in [0.15, 0.2) is 0 Å². The number of nitrogens with one attached hydrogen (secondary N) is 1. The van der Waals surface area contributed by atoms with Crippen molar-refractivity contribution in [2.24, 2.45) is 0 Å². The first-order chi connectivity index (χ1) is 15.1. The van der Waals surface area contributed by atoms with E-state index in [1.54, 1.807) is 0 Å². The molecule has 0 aliphatic heterocycles. The summed E-state index contributed by atoms with van der Waals surface area (Å²) < 4.78 is 0. The molecule has 1 heterocycles. The molecule has 0 saturated carbocycles. The lowest BCUT2D eigenvalue weighted by atomic mass is 10.0. The molecule has 1 N–H and O–H groups in total. The van der Waals surface area contributed by atoms with Gasteiger partial charge in [-0.1, -0.05) is 84.1 Å². The Morgan fingerprint density at radius 2 is 1.52 bits per heavy atom. The fraction of sp³-hybridized carbons (Fsp3) is 0.115. The van der Waals surface area contributed by atoms with E-state index in [1.807, 2.05) is 56.3 Å². The van der Waals surface area contributed by atoms with Crippen LogP contribution in [-0.2, 0) is 4.79 Å². The standard InChI is InChI=1S/C26H23N3OS/c1-18-8-13-23(19(2)16-18)27-25(30)17-31-26-15-14-24(28-29-26)22-11-9-21(10-12-22)20-6-4-3-5-7-20/h3-16H,17H2,1-2H3,(H,27,30). The Bertz CT molecular complexity index is 1170. The molecule has 0 unspecified atom stereocenters. The van der Waals surface area contributed by atoms with E-state index in [0.717, 1.165) is 27.5 Å².